The van der Waals surface area contributed by atoms with E-state index in [-0.39, 0.29) is 18.5 Å². The lowest BCUT2D eigenvalue weighted by atomic mass is 9.99. The summed E-state index contributed by atoms with van der Waals surface area (Å²) in [5.74, 6) is -0.172. The Hall–Kier alpha value is -2.38. The predicted molar refractivity (Wildman–Crippen MR) is 394 cm³/mol. The molecule has 0 radical (unpaired) electrons. The molecule has 0 bridgehead atoms. The number of amides is 1. The zero-order valence-corrected chi connectivity index (χ0v) is 61.0. The van der Waals surface area contributed by atoms with Crippen LogP contribution in [0.2, 0.25) is 0 Å². The first-order valence-electron chi connectivity index (χ1n) is 40.4. The molecule has 7 unspecified atom stereocenters. The lowest BCUT2D eigenvalue weighted by Gasteiger charge is -2.40. The molecule has 7 atom stereocenters. The van der Waals surface area contributed by atoms with Gasteiger partial charge in [0.2, 0.25) is 5.91 Å². The zero-order valence-electron chi connectivity index (χ0n) is 61.0. The summed E-state index contributed by atoms with van der Waals surface area (Å²) in [6.07, 6.45) is 84.5. The van der Waals surface area contributed by atoms with Gasteiger partial charge in [-0.05, 0) is 77.0 Å². The van der Waals surface area contributed by atoms with Crippen LogP contribution in [0.1, 0.15) is 399 Å². The van der Waals surface area contributed by atoms with Gasteiger partial charge in [-0.2, -0.15) is 0 Å². The molecule has 1 amide bonds. The van der Waals surface area contributed by atoms with Crippen molar-refractivity contribution in [1.82, 2.24) is 5.32 Å². The molecule has 1 fully saturated rings. The van der Waals surface area contributed by atoms with Gasteiger partial charge < -0.3 is 45.1 Å². The smallest absolute Gasteiger partial charge is 0.305 e. The molecule has 6 N–H and O–H groups in total. The van der Waals surface area contributed by atoms with Gasteiger partial charge >= 0.3 is 5.97 Å². The van der Waals surface area contributed by atoms with Crippen LogP contribution in [0.5, 0.6) is 0 Å². The third-order valence-electron chi connectivity index (χ3n) is 19.2. The van der Waals surface area contributed by atoms with Gasteiger partial charge in [-0.15, -0.1) is 0 Å². The zero-order chi connectivity index (χ0) is 67.2. The van der Waals surface area contributed by atoms with E-state index in [1.807, 2.05) is 6.08 Å². The topological polar surface area (TPSA) is 175 Å². The van der Waals surface area contributed by atoms with Crippen molar-refractivity contribution >= 4 is 11.9 Å². The second-order valence-electron chi connectivity index (χ2n) is 28.1. The maximum Gasteiger partial charge on any atom is 0.305 e. The Bertz CT molecular complexity index is 1690. The van der Waals surface area contributed by atoms with Gasteiger partial charge in [-0.3, -0.25) is 9.59 Å². The first kappa shape index (κ1) is 88.6. The molecular weight excluding hydrogens is 1160 g/mol. The predicted octanol–water partition coefficient (Wildman–Crippen LogP) is 21.9. The van der Waals surface area contributed by atoms with Crippen LogP contribution in [0, 0.1) is 0 Å². The number of rotatable bonds is 72. The summed E-state index contributed by atoms with van der Waals surface area (Å²) in [6.45, 7) is 4.34. The Morgan fingerprint density at radius 2 is 0.731 bits per heavy atom. The highest BCUT2D eigenvalue weighted by Gasteiger charge is 2.44. The molecule has 11 heteroatoms. The maximum atomic E-state index is 13.0. The van der Waals surface area contributed by atoms with E-state index >= 15 is 0 Å². The number of unbranched alkanes of at least 4 members (excludes halogenated alkanes) is 52. The number of aliphatic hydroxyl groups excluding tert-OH is 5. The van der Waals surface area contributed by atoms with E-state index in [1.165, 1.54) is 315 Å². The van der Waals surface area contributed by atoms with E-state index in [1.54, 1.807) is 6.08 Å². The van der Waals surface area contributed by atoms with Crippen LogP contribution in [-0.2, 0) is 23.8 Å². The van der Waals surface area contributed by atoms with E-state index in [0.29, 0.717) is 19.4 Å². The molecule has 546 valence electrons. The molecule has 0 saturated carbocycles. The highest BCUT2D eigenvalue weighted by molar-refractivity contribution is 5.76. The van der Waals surface area contributed by atoms with Crippen LogP contribution >= 0.6 is 0 Å². The minimum absolute atomic E-state index is 0.0173. The summed E-state index contributed by atoms with van der Waals surface area (Å²) in [7, 11) is 0. The Morgan fingerprint density at radius 1 is 0.398 bits per heavy atom. The third kappa shape index (κ3) is 59.4. The van der Waals surface area contributed by atoms with Crippen LogP contribution in [0.15, 0.2) is 48.6 Å². The lowest BCUT2D eigenvalue weighted by molar-refractivity contribution is -0.302. The fraction of sp³-hybridized carbons (Fsp3) is 0.878. The number of ether oxygens (including phenoxy) is 3. The Kier molecular flexibility index (Phi) is 67.6. The van der Waals surface area contributed by atoms with E-state index in [4.69, 9.17) is 14.2 Å². The molecule has 0 aliphatic carbocycles. The van der Waals surface area contributed by atoms with E-state index in [9.17, 15) is 35.1 Å². The Labute approximate surface area is 574 Å². The van der Waals surface area contributed by atoms with Crippen molar-refractivity contribution in [3.05, 3.63) is 48.6 Å². The summed E-state index contributed by atoms with van der Waals surface area (Å²) in [6, 6.07) is -0.825. The average Bonchev–Trinajstić information content (AvgIpc) is 0.939. The SMILES string of the molecule is CCCCCC/C=C/CC/C=C/C(O)C(COC1OC(CO)C(O)C(O)C1O)NC(=O)CCCCCCCCCCCCCCCCCCC/C=C\C/C=C\CCCCCCCCCCCCCCCOC(=O)CCCCCCCCCCCCCCCCCCCC. The van der Waals surface area contributed by atoms with Gasteiger partial charge in [0.25, 0.3) is 0 Å². The van der Waals surface area contributed by atoms with E-state index in [2.05, 4.69) is 55.6 Å². The molecule has 1 heterocycles. The number of esters is 1. The number of hydrogen-bond donors (Lipinski definition) is 6. The largest absolute Gasteiger partial charge is 0.466 e. The van der Waals surface area contributed by atoms with Gasteiger partial charge in [0.15, 0.2) is 6.29 Å². The number of aliphatic hydroxyl groups is 5. The molecule has 0 aromatic heterocycles. The fourth-order valence-corrected chi connectivity index (χ4v) is 12.8. The van der Waals surface area contributed by atoms with Crippen molar-refractivity contribution < 1.29 is 49.3 Å². The normalized spacial score (nSPS) is 17.7. The van der Waals surface area contributed by atoms with Crippen molar-refractivity contribution in [2.45, 2.75) is 442 Å². The summed E-state index contributed by atoms with van der Waals surface area (Å²) in [5, 5.41) is 54.4. The Balaban J connectivity index is 1.87. The number of hydrogen-bond acceptors (Lipinski definition) is 10. The summed E-state index contributed by atoms with van der Waals surface area (Å²) in [4.78, 5) is 25.2. The number of nitrogens with one attached hydrogen (secondary N) is 1. The number of carbonyl (C=O) groups is 2. The molecule has 0 aromatic rings. The van der Waals surface area contributed by atoms with Gasteiger partial charge in [-0.25, -0.2) is 0 Å². The van der Waals surface area contributed by atoms with Crippen LogP contribution in [0.25, 0.3) is 0 Å². The molecule has 1 rings (SSSR count). The van der Waals surface area contributed by atoms with Crippen molar-refractivity contribution in [3.63, 3.8) is 0 Å². The van der Waals surface area contributed by atoms with Crippen LogP contribution in [0.3, 0.4) is 0 Å². The molecule has 93 heavy (non-hydrogen) atoms. The molecule has 1 aliphatic heterocycles. The minimum Gasteiger partial charge on any atom is -0.466 e. The van der Waals surface area contributed by atoms with Crippen LogP contribution < -0.4 is 5.32 Å². The second-order valence-corrected chi connectivity index (χ2v) is 28.1. The first-order valence-corrected chi connectivity index (χ1v) is 40.4. The fourth-order valence-electron chi connectivity index (χ4n) is 12.8. The molecular formula is C82H153NO10. The molecule has 0 aromatic carbocycles. The minimum atomic E-state index is -1.58. The second kappa shape index (κ2) is 70.9. The highest BCUT2D eigenvalue weighted by Crippen LogP contribution is 2.24. The first-order chi connectivity index (χ1) is 45.7. The summed E-state index contributed by atoms with van der Waals surface area (Å²) in [5.41, 5.74) is 0. The third-order valence-corrected chi connectivity index (χ3v) is 19.2. The average molecular weight is 1310 g/mol. The van der Waals surface area contributed by atoms with Gasteiger partial charge in [0.05, 0.1) is 32.0 Å². The highest BCUT2D eigenvalue weighted by atomic mass is 16.7. The van der Waals surface area contributed by atoms with E-state index < -0.39 is 49.5 Å². The van der Waals surface area contributed by atoms with Gasteiger partial charge in [-0.1, -0.05) is 358 Å². The van der Waals surface area contributed by atoms with Crippen molar-refractivity contribution in [2.24, 2.45) is 0 Å². The lowest BCUT2D eigenvalue weighted by Crippen LogP contribution is -2.60. The summed E-state index contributed by atoms with van der Waals surface area (Å²) < 4.78 is 16.7. The van der Waals surface area contributed by atoms with Crippen molar-refractivity contribution in [1.29, 1.82) is 0 Å². The van der Waals surface area contributed by atoms with Gasteiger partial charge in [0.1, 0.15) is 24.4 Å². The standard InChI is InChI=1S/C82H153NO10/c1-3-5-7-9-11-13-15-16-17-18-41-44-47-50-54-58-62-66-70-78(87)91-71-67-63-59-55-51-48-45-42-39-37-35-33-31-29-27-25-23-21-19-20-22-24-26-28-30-32-34-36-38-40-43-46-49-53-57-61-65-69-77(86)83-74(73-92-82-81(90)80(89)79(88)76(72-84)93-82)75(85)68-64-60-56-52-14-12-10-8-6-4-2/h14,19,21,25,27,52,64,68,74-76,79-82,84-85,88-90H,3-13,15-18,20,22-24,26,28-51,53-63,65-67,69-73H2,1-2H3,(H,83,86)/b21-19-,27-25-,52-14+,68-64+. The molecule has 0 spiro atoms. The van der Waals surface area contributed by atoms with Crippen molar-refractivity contribution in [3.8, 4) is 0 Å². The van der Waals surface area contributed by atoms with Crippen LogP contribution in [0.4, 0.5) is 0 Å². The monoisotopic (exact) mass is 1310 g/mol. The quantitative estimate of drug-likeness (QED) is 0.0195. The number of carbonyl (C=O) groups excluding carboxylic acids is 2. The molecule has 1 saturated heterocycles. The summed E-state index contributed by atoms with van der Waals surface area (Å²) >= 11 is 0. The van der Waals surface area contributed by atoms with Crippen molar-refractivity contribution in [2.75, 3.05) is 19.8 Å². The molecule has 11 nitrogen and oxygen atoms in total. The number of allylic oxidation sites excluding steroid dienone is 7. The van der Waals surface area contributed by atoms with E-state index in [0.717, 1.165) is 57.8 Å². The van der Waals surface area contributed by atoms with Crippen LogP contribution in [-0.4, -0.2) is 100 Å². The van der Waals surface area contributed by atoms with Gasteiger partial charge in [0, 0.05) is 12.8 Å². The molecule has 1 aliphatic rings. The maximum absolute atomic E-state index is 13.0. The Morgan fingerprint density at radius 3 is 1.14 bits per heavy atom.